The predicted molar refractivity (Wildman–Crippen MR) is 406 cm³/mol. The maximum absolute atomic E-state index is 14.9. The van der Waals surface area contributed by atoms with E-state index in [2.05, 4.69) is 78.1 Å². The fourth-order valence-corrected chi connectivity index (χ4v) is 11.1. The van der Waals surface area contributed by atoms with E-state index >= 15 is 0 Å². The molecule has 1 fully saturated rings. The van der Waals surface area contributed by atoms with Crippen molar-refractivity contribution >= 4 is 107 Å². The minimum Gasteiger partial charge on any atom is -0.480 e. The van der Waals surface area contributed by atoms with E-state index in [9.17, 15) is 72.5 Å². The third-order valence-electron chi connectivity index (χ3n) is 16.8. The number of primary amides is 1. The number of aliphatic hydroxyl groups excluding tert-OH is 1. The molecular formula is C64H122N30O15. The van der Waals surface area contributed by atoms with E-state index in [4.69, 9.17) is 80.3 Å². The summed E-state index contributed by atoms with van der Waals surface area (Å²) in [4.78, 5) is 202. The van der Waals surface area contributed by atoms with Crippen molar-refractivity contribution in [3.05, 3.63) is 0 Å². The quantitative estimate of drug-likeness (QED) is 0.0153. The smallest absolute Gasteiger partial charge is 0.322 e. The van der Waals surface area contributed by atoms with E-state index in [0.717, 1.165) is 0 Å². The summed E-state index contributed by atoms with van der Waals surface area (Å²) in [7, 11) is 0. The summed E-state index contributed by atoms with van der Waals surface area (Å²) in [5.41, 5.74) is 78.8. The molecule has 12 amide bonds. The lowest BCUT2D eigenvalue weighted by molar-refractivity contribution is -0.142. The number of carboxylic acids is 1. The molecule has 45 heteroatoms. The van der Waals surface area contributed by atoms with Crippen LogP contribution in [0.25, 0.3) is 0 Å². The highest BCUT2D eigenvalue weighted by molar-refractivity contribution is 6.00. The Kier molecular flexibility index (Phi) is 47.0. The molecule has 0 radical (unpaired) electrons. The van der Waals surface area contributed by atoms with Crippen molar-refractivity contribution in [3.63, 3.8) is 0 Å². The van der Waals surface area contributed by atoms with Crippen molar-refractivity contribution in [3.8, 4) is 0 Å². The van der Waals surface area contributed by atoms with Gasteiger partial charge in [-0.25, -0.2) is 0 Å². The molecule has 0 aromatic rings. The largest absolute Gasteiger partial charge is 0.480 e. The van der Waals surface area contributed by atoms with Crippen molar-refractivity contribution < 1.29 is 72.5 Å². The summed E-state index contributed by atoms with van der Waals surface area (Å²) in [6.07, 6.45) is -1.09. The predicted octanol–water partition coefficient (Wildman–Crippen LogP) is -10.9. The van der Waals surface area contributed by atoms with Gasteiger partial charge in [0.1, 0.15) is 73.0 Å². The van der Waals surface area contributed by atoms with Gasteiger partial charge in [-0.1, -0.05) is 13.8 Å². The zero-order valence-electron chi connectivity index (χ0n) is 62.7. The number of aliphatic imine (C=N–C) groups is 5. The van der Waals surface area contributed by atoms with E-state index in [1.807, 2.05) is 0 Å². The number of aliphatic hydroxyl groups is 1. The van der Waals surface area contributed by atoms with Crippen LogP contribution in [-0.2, 0) is 62.3 Å². The van der Waals surface area contributed by atoms with Crippen LogP contribution in [0.1, 0.15) is 156 Å². The zero-order chi connectivity index (χ0) is 82.3. The van der Waals surface area contributed by atoms with Crippen LogP contribution in [0.2, 0.25) is 0 Å². The second-order valence-electron chi connectivity index (χ2n) is 26.6. The number of hydrogen-bond donors (Lipinski definition) is 26. The van der Waals surface area contributed by atoms with Crippen molar-refractivity contribution in [2.75, 3.05) is 58.9 Å². The monoisotopic (exact) mass is 1550 g/mol. The molecule has 0 spiro atoms. The number of aliphatic carboxylic acids is 1. The van der Waals surface area contributed by atoms with Crippen LogP contribution < -0.4 is 133 Å². The van der Waals surface area contributed by atoms with Crippen LogP contribution in [-0.4, -0.2) is 253 Å². The number of carbonyl (C=O) groups is 13. The molecule has 1 aliphatic rings. The highest BCUT2D eigenvalue weighted by Gasteiger charge is 2.40. The number of amides is 12. The summed E-state index contributed by atoms with van der Waals surface area (Å²) in [5, 5.41) is 45.3. The lowest BCUT2D eigenvalue weighted by Gasteiger charge is -2.30. The van der Waals surface area contributed by atoms with E-state index in [-0.39, 0.29) is 197 Å². The van der Waals surface area contributed by atoms with E-state index < -0.39 is 162 Å². The maximum atomic E-state index is 14.9. The first-order chi connectivity index (χ1) is 51.4. The van der Waals surface area contributed by atoms with Gasteiger partial charge in [0.05, 0.1) is 6.10 Å². The molecule has 1 aliphatic heterocycles. The van der Waals surface area contributed by atoms with Crippen molar-refractivity contribution in [2.45, 2.75) is 228 Å². The highest BCUT2D eigenvalue weighted by atomic mass is 16.4. The Labute approximate surface area is 633 Å². The van der Waals surface area contributed by atoms with Gasteiger partial charge in [0.25, 0.3) is 0 Å². The summed E-state index contributed by atoms with van der Waals surface area (Å²) in [6, 6.07) is -15.8. The average molecular weight is 1550 g/mol. The van der Waals surface area contributed by atoms with Gasteiger partial charge in [0.2, 0.25) is 70.9 Å². The van der Waals surface area contributed by atoms with Crippen LogP contribution in [0.5, 0.6) is 0 Å². The van der Waals surface area contributed by atoms with Crippen LogP contribution in [0, 0.1) is 5.92 Å². The average Bonchev–Trinajstić information content (AvgIpc) is 1.64. The summed E-state index contributed by atoms with van der Waals surface area (Å²) in [6.45, 7) is 4.22. The third kappa shape index (κ3) is 41.3. The Bertz CT molecular complexity index is 3100. The van der Waals surface area contributed by atoms with Crippen molar-refractivity contribution in [2.24, 2.45) is 111 Å². The molecule has 1 rings (SSSR count). The normalized spacial score (nSPS) is 15.4. The first-order valence-corrected chi connectivity index (χ1v) is 36.3. The lowest BCUT2D eigenvalue weighted by Crippen LogP contribution is -2.61. The molecule has 0 aromatic carbocycles. The zero-order valence-corrected chi connectivity index (χ0v) is 62.7. The fraction of sp³-hybridized carbons (Fsp3) is 0.719. The van der Waals surface area contributed by atoms with Gasteiger partial charge >= 0.3 is 5.97 Å². The second kappa shape index (κ2) is 53.1. The summed E-state index contributed by atoms with van der Waals surface area (Å²) < 4.78 is 0. The van der Waals surface area contributed by atoms with Crippen molar-refractivity contribution in [1.82, 2.24) is 58.1 Å². The molecule has 1 heterocycles. The minimum atomic E-state index is -1.57. The van der Waals surface area contributed by atoms with E-state index in [1.54, 1.807) is 13.8 Å². The van der Waals surface area contributed by atoms with Gasteiger partial charge in [-0.3, -0.25) is 87.3 Å². The molecule has 0 aromatic heterocycles. The van der Waals surface area contributed by atoms with Crippen molar-refractivity contribution in [1.29, 1.82) is 0 Å². The molecule has 109 heavy (non-hydrogen) atoms. The van der Waals surface area contributed by atoms with Crippen LogP contribution in [0.3, 0.4) is 0 Å². The number of guanidine groups is 5. The molecule has 0 unspecified atom stereocenters. The number of nitrogens with one attached hydrogen (secondary N) is 10. The Morgan fingerprint density at radius 2 is 0.688 bits per heavy atom. The number of unbranched alkanes of at least 4 members (excludes halogenated alkanes) is 2. The number of hydrogen-bond acceptors (Lipinski definition) is 22. The first kappa shape index (κ1) is 96.3. The van der Waals surface area contributed by atoms with Gasteiger partial charge in [-0.15, -0.1) is 0 Å². The number of carbonyl (C=O) groups excluding carboxylic acids is 12. The van der Waals surface area contributed by atoms with Gasteiger partial charge < -0.3 is 149 Å². The van der Waals surface area contributed by atoms with Gasteiger partial charge in [-0.05, 0) is 154 Å². The minimum absolute atomic E-state index is 0.0127. The maximum Gasteiger partial charge on any atom is 0.322 e. The summed E-state index contributed by atoms with van der Waals surface area (Å²) in [5.74, 6) is -13.9. The molecule has 12 atom stereocenters. The van der Waals surface area contributed by atoms with Gasteiger partial charge in [0, 0.05) is 45.7 Å². The number of likely N-dealkylation sites (tertiary alicyclic amines) is 1. The Morgan fingerprint density at radius 1 is 0.404 bits per heavy atom. The van der Waals surface area contributed by atoms with E-state index in [0.29, 0.717) is 19.3 Å². The first-order valence-electron chi connectivity index (χ1n) is 36.3. The Morgan fingerprint density at radius 3 is 0.963 bits per heavy atom. The number of rotatable bonds is 56. The molecule has 45 nitrogen and oxygen atoms in total. The van der Waals surface area contributed by atoms with Crippen LogP contribution in [0.4, 0.5) is 0 Å². The van der Waals surface area contributed by atoms with E-state index in [1.165, 1.54) is 11.8 Å². The van der Waals surface area contributed by atoms with Crippen LogP contribution >= 0.6 is 0 Å². The van der Waals surface area contributed by atoms with Crippen LogP contribution in [0.15, 0.2) is 25.0 Å². The molecule has 1 saturated heterocycles. The Hall–Kier alpha value is -10.7. The molecular weight excluding hydrogens is 1430 g/mol. The topological polar surface area (TPSA) is 812 Å². The molecule has 0 aliphatic carbocycles. The molecule has 0 saturated carbocycles. The standard InChI is InChI=1S/C64H122N30O15/c1-34(2)32-44(93-55(105)42(20-12-30-83-64(77)78)90-56(106)43(22-23-46(67)96)92-58(108)45-21-13-31-94(45)59(109)48(68)35(3)95)57(107)91-41(19-11-29-82-63(75)76)54(104)89-40(18-10-28-81-62(73)74)53(103)88-39(17-9-27-80-61(71)72)52(102)87-38(15-5-7-25-66)51(101)86-37(14-4-6-24-65)50(100)85-36(16-8-26-79-60(69)70)49(99)84-33-47(97)98/h34-45,48,95H,4-33,65-66,68H2,1-3H3,(H2,67,96)(H,84,99)(H,85,100)(H,86,101)(H,87,102)(H,88,103)(H,89,104)(H,90,106)(H,91,107)(H,92,108)(H,93,105)(H,97,98)(H4,69,70,79)(H4,71,72,80)(H4,73,74,81)(H4,75,76,82)(H4,77,78,83)/t35-,36+,37+,38+,39+,40+,41+,42+,43+,44+,45+,48+/m1/s1. The summed E-state index contributed by atoms with van der Waals surface area (Å²) >= 11 is 0. The highest BCUT2D eigenvalue weighted by Crippen LogP contribution is 2.20. The SMILES string of the molecule is CC(C)C[C@H](NC(=O)[C@H](CCCN=C(N)N)NC(=O)[C@H](CCC(N)=O)NC(=O)[C@@H]1CCCN1C(=O)[C@@H](N)[C@@H](C)O)C(=O)N[C@@H](CCCN=C(N)N)C(=O)N[C@@H](CCCN=C(N)N)C(=O)N[C@@H](CCCN=C(N)N)C(=O)N[C@@H](CCCCN)C(=O)N[C@@H](CCCCN)C(=O)N[C@@H](CCCN=C(N)N)C(=O)NCC(=O)O. The third-order valence-corrected chi connectivity index (χ3v) is 16.8. The molecule has 0 bridgehead atoms. The van der Waals surface area contributed by atoms with Gasteiger partial charge in [0.15, 0.2) is 29.8 Å². The second-order valence-corrected chi connectivity index (χ2v) is 26.6. The Balaban J connectivity index is 3.96. The number of nitrogens with two attached hydrogens (primary N) is 14. The molecule has 40 N–H and O–H groups in total. The lowest BCUT2D eigenvalue weighted by atomic mass is 10.0. The van der Waals surface area contributed by atoms with Gasteiger partial charge in [-0.2, -0.15) is 0 Å². The molecule has 618 valence electrons. The fourth-order valence-electron chi connectivity index (χ4n) is 11.1. The number of nitrogens with zero attached hydrogens (tertiary/aromatic N) is 6. The number of carboxylic acid groups (broad SMARTS) is 1.